The Bertz CT molecular complexity index is 697. The van der Waals surface area contributed by atoms with Crippen molar-refractivity contribution < 1.29 is 4.79 Å². The summed E-state index contributed by atoms with van der Waals surface area (Å²) in [7, 11) is 0. The summed E-state index contributed by atoms with van der Waals surface area (Å²) in [5, 5.41) is 7.82. The zero-order chi connectivity index (χ0) is 16.4. The van der Waals surface area contributed by atoms with Crippen LogP contribution in [0.5, 0.6) is 0 Å². The third kappa shape index (κ3) is 4.96. The number of halogens is 2. The molecule has 2 aliphatic rings. The van der Waals surface area contributed by atoms with Gasteiger partial charge in [-0.05, 0) is 56.3 Å². The Balaban J connectivity index is 0.00000121. The topological polar surface area (TPSA) is 63.1 Å². The van der Waals surface area contributed by atoms with E-state index < -0.39 is 0 Å². The molecule has 1 aliphatic heterocycles. The molecule has 1 saturated carbocycles. The minimum atomic E-state index is 0. The van der Waals surface area contributed by atoms with Gasteiger partial charge in [-0.3, -0.25) is 4.79 Å². The van der Waals surface area contributed by atoms with Gasteiger partial charge in [-0.15, -0.1) is 24.8 Å². The Morgan fingerprint density at radius 1 is 1.12 bits per heavy atom. The second kappa shape index (κ2) is 9.35. The normalized spacial score (nSPS) is 17.3. The fourth-order valence-corrected chi connectivity index (χ4v) is 3.18. The van der Waals surface area contributed by atoms with Crippen LogP contribution >= 0.6 is 24.8 Å². The summed E-state index contributed by atoms with van der Waals surface area (Å²) in [5.41, 5.74) is 0.493. The minimum Gasteiger partial charge on any atom is -0.337 e. The number of hydrogen-bond donors (Lipinski definition) is 1. The Morgan fingerprint density at radius 3 is 2.54 bits per heavy atom. The van der Waals surface area contributed by atoms with Crippen LogP contribution in [-0.2, 0) is 0 Å². The van der Waals surface area contributed by atoms with E-state index in [9.17, 15) is 4.79 Å². The van der Waals surface area contributed by atoms with Gasteiger partial charge in [0.1, 0.15) is 5.69 Å². The predicted octanol–water partition coefficient (Wildman–Crippen LogP) is 2.72. The second-order valence-electron chi connectivity index (χ2n) is 6.75. The highest BCUT2D eigenvalue weighted by molar-refractivity contribution is 5.92. The van der Waals surface area contributed by atoms with E-state index in [1.807, 2.05) is 29.3 Å². The van der Waals surface area contributed by atoms with E-state index in [2.05, 4.69) is 15.4 Å². The van der Waals surface area contributed by atoms with Gasteiger partial charge in [0.25, 0.3) is 5.91 Å². The molecule has 2 aromatic heterocycles. The Hall–Kier alpha value is -1.63. The number of nitrogens with zero attached hydrogens (tertiary/aromatic N) is 4. The van der Waals surface area contributed by atoms with Crippen LogP contribution in [0.1, 0.15) is 36.2 Å². The van der Waals surface area contributed by atoms with E-state index in [1.54, 1.807) is 16.9 Å². The van der Waals surface area contributed by atoms with Crippen molar-refractivity contribution in [3.63, 3.8) is 0 Å². The van der Waals surface area contributed by atoms with E-state index in [1.165, 1.54) is 12.8 Å². The third-order valence-electron chi connectivity index (χ3n) is 4.87. The third-order valence-corrected chi connectivity index (χ3v) is 4.87. The maximum absolute atomic E-state index is 12.7. The average molecular weight is 398 g/mol. The highest BCUT2D eigenvalue weighted by Gasteiger charge is 2.26. The summed E-state index contributed by atoms with van der Waals surface area (Å²) in [6.07, 6.45) is 8.34. The number of amides is 1. The molecular weight excluding hydrogens is 373 g/mol. The van der Waals surface area contributed by atoms with Crippen molar-refractivity contribution in [3.05, 3.63) is 42.4 Å². The largest absolute Gasteiger partial charge is 0.337 e. The number of piperidine rings is 1. The molecule has 8 heteroatoms. The SMILES string of the molecule is Cl.Cl.O=C(c1cccc(-n2cccn2)n1)N1CCC(NCC2CC2)CC1. The molecule has 1 N–H and O–H groups in total. The van der Waals surface area contributed by atoms with Gasteiger partial charge in [-0.25, -0.2) is 9.67 Å². The van der Waals surface area contributed by atoms with Gasteiger partial charge in [0, 0.05) is 31.5 Å². The number of rotatable bonds is 5. The van der Waals surface area contributed by atoms with Crippen molar-refractivity contribution in [1.82, 2.24) is 25.0 Å². The lowest BCUT2D eigenvalue weighted by Crippen LogP contribution is -2.45. The van der Waals surface area contributed by atoms with Crippen molar-refractivity contribution in [2.24, 2.45) is 5.92 Å². The second-order valence-corrected chi connectivity index (χ2v) is 6.75. The van der Waals surface area contributed by atoms with E-state index in [0.29, 0.717) is 17.6 Å². The Kier molecular flexibility index (Phi) is 7.43. The summed E-state index contributed by atoms with van der Waals surface area (Å²) in [5.74, 6) is 1.59. The van der Waals surface area contributed by atoms with Gasteiger partial charge in [0.15, 0.2) is 5.82 Å². The average Bonchev–Trinajstić information content (AvgIpc) is 3.30. The molecule has 1 aliphatic carbocycles. The molecule has 1 saturated heterocycles. The smallest absolute Gasteiger partial charge is 0.272 e. The molecule has 1 amide bonds. The summed E-state index contributed by atoms with van der Waals surface area (Å²) >= 11 is 0. The molecule has 0 aromatic carbocycles. The molecule has 0 radical (unpaired) electrons. The lowest BCUT2D eigenvalue weighted by atomic mass is 10.0. The Morgan fingerprint density at radius 2 is 1.88 bits per heavy atom. The first-order chi connectivity index (χ1) is 11.8. The lowest BCUT2D eigenvalue weighted by Gasteiger charge is -2.32. The van der Waals surface area contributed by atoms with Crippen molar-refractivity contribution in [3.8, 4) is 5.82 Å². The number of likely N-dealkylation sites (tertiary alicyclic amines) is 1. The van der Waals surface area contributed by atoms with E-state index in [0.717, 1.165) is 38.4 Å². The number of nitrogens with one attached hydrogen (secondary N) is 1. The fraction of sp³-hybridized carbons (Fsp3) is 0.500. The van der Waals surface area contributed by atoms with Crippen LogP contribution in [0.3, 0.4) is 0 Å². The van der Waals surface area contributed by atoms with Gasteiger partial charge < -0.3 is 10.2 Å². The monoisotopic (exact) mass is 397 g/mol. The first kappa shape index (κ1) is 20.7. The van der Waals surface area contributed by atoms with Gasteiger partial charge in [0.2, 0.25) is 0 Å². The first-order valence-electron chi connectivity index (χ1n) is 8.79. The molecule has 26 heavy (non-hydrogen) atoms. The summed E-state index contributed by atoms with van der Waals surface area (Å²) in [6, 6.07) is 7.90. The number of hydrogen-bond acceptors (Lipinski definition) is 4. The molecule has 142 valence electrons. The van der Waals surface area contributed by atoms with Crippen LogP contribution in [0, 0.1) is 5.92 Å². The Labute approximate surface area is 166 Å². The van der Waals surface area contributed by atoms with E-state index >= 15 is 0 Å². The maximum atomic E-state index is 12.7. The molecule has 0 bridgehead atoms. The van der Waals surface area contributed by atoms with Crippen LogP contribution in [0.4, 0.5) is 0 Å². The fourth-order valence-electron chi connectivity index (χ4n) is 3.18. The summed E-state index contributed by atoms with van der Waals surface area (Å²) in [6.45, 7) is 2.75. The van der Waals surface area contributed by atoms with Crippen molar-refractivity contribution >= 4 is 30.7 Å². The molecular formula is C18H25Cl2N5O. The molecule has 0 unspecified atom stereocenters. The predicted molar refractivity (Wildman–Crippen MR) is 106 cm³/mol. The molecule has 0 atom stereocenters. The van der Waals surface area contributed by atoms with Crippen molar-refractivity contribution in [1.29, 1.82) is 0 Å². The van der Waals surface area contributed by atoms with Crippen LogP contribution in [0.25, 0.3) is 5.82 Å². The standard InChI is InChI=1S/C18H23N5O.2ClH/c24-18(16-3-1-4-17(21-16)23-10-2-9-20-23)22-11-7-15(8-12-22)19-13-14-5-6-14;;/h1-4,9-10,14-15,19H,5-8,11-13H2;2*1H. The lowest BCUT2D eigenvalue weighted by molar-refractivity contribution is 0.0699. The van der Waals surface area contributed by atoms with Crippen LogP contribution in [0.15, 0.2) is 36.7 Å². The number of pyridine rings is 1. The van der Waals surface area contributed by atoms with E-state index in [-0.39, 0.29) is 30.7 Å². The zero-order valence-electron chi connectivity index (χ0n) is 14.6. The quantitative estimate of drug-likeness (QED) is 0.842. The molecule has 2 fully saturated rings. The van der Waals surface area contributed by atoms with Crippen LogP contribution in [0.2, 0.25) is 0 Å². The van der Waals surface area contributed by atoms with Gasteiger partial charge in [0.05, 0.1) is 0 Å². The molecule has 4 rings (SSSR count). The van der Waals surface area contributed by atoms with Gasteiger partial charge >= 0.3 is 0 Å². The molecule has 2 aromatic rings. The van der Waals surface area contributed by atoms with Crippen LogP contribution in [-0.4, -0.2) is 51.2 Å². The highest BCUT2D eigenvalue weighted by atomic mass is 35.5. The van der Waals surface area contributed by atoms with Crippen molar-refractivity contribution in [2.75, 3.05) is 19.6 Å². The van der Waals surface area contributed by atoms with Crippen LogP contribution < -0.4 is 5.32 Å². The van der Waals surface area contributed by atoms with Gasteiger partial charge in [-0.1, -0.05) is 6.07 Å². The number of carbonyl (C=O) groups excluding carboxylic acids is 1. The van der Waals surface area contributed by atoms with Crippen molar-refractivity contribution in [2.45, 2.75) is 31.7 Å². The zero-order valence-corrected chi connectivity index (χ0v) is 16.2. The first-order valence-corrected chi connectivity index (χ1v) is 8.79. The molecule has 0 spiro atoms. The number of aromatic nitrogens is 3. The highest BCUT2D eigenvalue weighted by Crippen LogP contribution is 2.28. The van der Waals surface area contributed by atoms with Gasteiger partial charge in [-0.2, -0.15) is 5.10 Å². The molecule has 6 nitrogen and oxygen atoms in total. The molecule has 3 heterocycles. The summed E-state index contributed by atoms with van der Waals surface area (Å²) in [4.78, 5) is 19.1. The van der Waals surface area contributed by atoms with E-state index in [4.69, 9.17) is 0 Å². The maximum Gasteiger partial charge on any atom is 0.272 e. The number of carbonyl (C=O) groups is 1. The summed E-state index contributed by atoms with van der Waals surface area (Å²) < 4.78 is 1.67. The minimum absolute atomic E-state index is 0.